The lowest BCUT2D eigenvalue weighted by molar-refractivity contribution is -0.121. The van der Waals surface area contributed by atoms with Crippen LogP contribution in [0, 0.1) is 6.92 Å². The van der Waals surface area contributed by atoms with Gasteiger partial charge in [0.2, 0.25) is 15.9 Å². The number of carbonyl (C=O) groups excluding carboxylic acids is 1. The molecule has 1 aromatic carbocycles. The van der Waals surface area contributed by atoms with Crippen molar-refractivity contribution in [2.24, 2.45) is 0 Å². The molecule has 0 aromatic heterocycles. The number of amides is 1. The second kappa shape index (κ2) is 9.90. The predicted molar refractivity (Wildman–Crippen MR) is 106 cm³/mol. The minimum Gasteiger partial charge on any atom is -0.496 e. The number of aryl methyl sites for hydroxylation is 1. The molecule has 0 heterocycles. The molecule has 0 spiro atoms. The summed E-state index contributed by atoms with van der Waals surface area (Å²) in [6.45, 7) is 4.12. The van der Waals surface area contributed by atoms with Crippen molar-refractivity contribution >= 4 is 15.9 Å². The molecule has 1 aliphatic carbocycles. The Balaban J connectivity index is 1.96. The summed E-state index contributed by atoms with van der Waals surface area (Å²) in [5, 5.41) is 2.84. The summed E-state index contributed by atoms with van der Waals surface area (Å²) in [5.41, 5.74) is 2.12. The van der Waals surface area contributed by atoms with Gasteiger partial charge in [0.05, 0.1) is 18.6 Å². The lowest BCUT2D eigenvalue weighted by atomic mass is 9.97. The second-order valence-corrected chi connectivity index (χ2v) is 8.71. The second-order valence-electron chi connectivity index (χ2n) is 6.77. The van der Waals surface area contributed by atoms with E-state index in [9.17, 15) is 13.2 Å². The van der Waals surface area contributed by atoms with Crippen molar-refractivity contribution in [1.82, 2.24) is 9.62 Å². The highest BCUT2D eigenvalue weighted by Crippen LogP contribution is 2.23. The maximum absolute atomic E-state index is 12.9. The summed E-state index contributed by atoms with van der Waals surface area (Å²) >= 11 is 0. The molecule has 0 saturated heterocycles. The molecular formula is C20H30N2O4S. The molecule has 0 unspecified atom stereocenters. The normalized spacial score (nSPS) is 14.7. The van der Waals surface area contributed by atoms with Crippen molar-refractivity contribution < 1.29 is 17.9 Å². The van der Waals surface area contributed by atoms with Crippen LogP contribution < -0.4 is 10.1 Å². The van der Waals surface area contributed by atoms with Crippen molar-refractivity contribution in [3.05, 3.63) is 35.4 Å². The molecule has 7 heteroatoms. The molecule has 150 valence electrons. The average Bonchev–Trinajstić information content (AvgIpc) is 2.66. The Bertz CT molecular complexity index is 787. The fraction of sp³-hybridized carbons (Fsp3) is 0.550. The summed E-state index contributed by atoms with van der Waals surface area (Å²) < 4.78 is 32.1. The zero-order chi connectivity index (χ0) is 19.9. The number of methoxy groups -OCH3 is 1. The number of benzene rings is 1. The lowest BCUT2D eigenvalue weighted by Gasteiger charge is -2.21. The first-order valence-electron chi connectivity index (χ1n) is 9.48. The smallest absolute Gasteiger partial charge is 0.243 e. The first kappa shape index (κ1) is 21.4. The van der Waals surface area contributed by atoms with Gasteiger partial charge in [-0.15, -0.1) is 0 Å². The Morgan fingerprint density at radius 2 is 2.07 bits per heavy atom. The number of hydrogen-bond acceptors (Lipinski definition) is 4. The first-order chi connectivity index (χ1) is 12.9. The summed E-state index contributed by atoms with van der Waals surface area (Å²) in [6.07, 6.45) is 7.76. The summed E-state index contributed by atoms with van der Waals surface area (Å²) in [6, 6.07) is 4.72. The van der Waals surface area contributed by atoms with E-state index in [-0.39, 0.29) is 23.9 Å². The van der Waals surface area contributed by atoms with E-state index in [4.69, 9.17) is 4.74 Å². The fourth-order valence-electron chi connectivity index (χ4n) is 3.24. The maximum atomic E-state index is 12.9. The third kappa shape index (κ3) is 5.81. The molecule has 2 rings (SSSR count). The van der Waals surface area contributed by atoms with Crippen molar-refractivity contribution in [1.29, 1.82) is 0 Å². The number of carbonyl (C=O) groups is 1. The van der Waals surface area contributed by atoms with Crippen molar-refractivity contribution in [3.63, 3.8) is 0 Å². The van der Waals surface area contributed by atoms with E-state index >= 15 is 0 Å². The van der Waals surface area contributed by atoms with Crippen LogP contribution in [0.1, 0.15) is 44.6 Å². The molecule has 1 aromatic rings. The number of nitrogens with one attached hydrogen (secondary N) is 1. The van der Waals surface area contributed by atoms with Gasteiger partial charge in [-0.2, -0.15) is 4.31 Å². The summed E-state index contributed by atoms with van der Waals surface area (Å²) in [7, 11) is -2.19. The summed E-state index contributed by atoms with van der Waals surface area (Å²) in [4.78, 5) is 12.4. The van der Waals surface area contributed by atoms with Gasteiger partial charge in [-0.1, -0.05) is 18.6 Å². The van der Waals surface area contributed by atoms with Gasteiger partial charge in [0, 0.05) is 13.1 Å². The molecule has 27 heavy (non-hydrogen) atoms. The van der Waals surface area contributed by atoms with Crippen LogP contribution in [-0.2, 0) is 14.8 Å². The van der Waals surface area contributed by atoms with Crippen molar-refractivity contribution in [3.8, 4) is 5.75 Å². The minimum absolute atomic E-state index is 0.169. The number of hydrogen-bond donors (Lipinski definition) is 1. The van der Waals surface area contributed by atoms with Crippen LogP contribution in [0.5, 0.6) is 5.75 Å². The van der Waals surface area contributed by atoms with Crippen molar-refractivity contribution in [2.75, 3.05) is 26.7 Å². The molecule has 6 nitrogen and oxygen atoms in total. The molecule has 1 amide bonds. The van der Waals surface area contributed by atoms with Crippen molar-refractivity contribution in [2.45, 2.75) is 50.8 Å². The van der Waals surface area contributed by atoms with Gasteiger partial charge >= 0.3 is 0 Å². The van der Waals surface area contributed by atoms with E-state index in [1.165, 1.54) is 28.8 Å². The fourth-order valence-corrected chi connectivity index (χ4v) is 4.73. The van der Waals surface area contributed by atoms with Gasteiger partial charge < -0.3 is 10.1 Å². The van der Waals surface area contributed by atoms with Gasteiger partial charge in [0.25, 0.3) is 0 Å². The Morgan fingerprint density at radius 1 is 1.30 bits per heavy atom. The topological polar surface area (TPSA) is 75.7 Å². The quantitative estimate of drug-likeness (QED) is 0.653. The van der Waals surface area contributed by atoms with E-state index in [0.29, 0.717) is 12.3 Å². The SMILES string of the molecule is CCN(CC(=O)NCCC1=CCCCC1)S(=O)(=O)c1ccc(OC)c(C)c1. The lowest BCUT2D eigenvalue weighted by Crippen LogP contribution is -2.40. The number of rotatable bonds is 9. The van der Waals surface area contributed by atoms with Crippen LogP contribution in [0.15, 0.2) is 34.7 Å². The minimum atomic E-state index is -3.73. The van der Waals surface area contributed by atoms with E-state index in [1.54, 1.807) is 33.1 Å². The first-order valence-corrected chi connectivity index (χ1v) is 10.9. The van der Waals surface area contributed by atoms with Crippen LogP contribution in [-0.4, -0.2) is 45.4 Å². The number of allylic oxidation sites excluding steroid dienone is 1. The predicted octanol–water partition coefficient (Wildman–Crippen LogP) is 3.02. The van der Waals surface area contributed by atoms with E-state index in [1.807, 2.05) is 0 Å². The zero-order valence-electron chi connectivity index (χ0n) is 16.5. The molecule has 0 aliphatic heterocycles. The number of ether oxygens (including phenoxy) is 1. The van der Waals surface area contributed by atoms with Crippen LogP contribution in [0.2, 0.25) is 0 Å². The third-order valence-corrected chi connectivity index (χ3v) is 6.75. The standard InChI is InChI=1S/C20H30N2O4S/c1-4-22(15-20(23)21-13-12-17-8-6-5-7-9-17)27(24,25)18-10-11-19(26-3)16(2)14-18/h8,10-11,14H,4-7,9,12-13,15H2,1-3H3,(H,21,23). The molecule has 0 radical (unpaired) electrons. The van der Waals surface area contributed by atoms with Crippen LogP contribution in [0.3, 0.4) is 0 Å². The highest BCUT2D eigenvalue weighted by Gasteiger charge is 2.25. The molecule has 1 N–H and O–H groups in total. The van der Waals surface area contributed by atoms with Gasteiger partial charge in [0.1, 0.15) is 5.75 Å². The molecule has 0 bridgehead atoms. The summed E-state index contributed by atoms with van der Waals surface area (Å²) in [5.74, 6) is 0.355. The van der Waals surface area contributed by atoms with Crippen LogP contribution in [0.25, 0.3) is 0 Å². The maximum Gasteiger partial charge on any atom is 0.243 e. The molecule has 1 aliphatic rings. The van der Waals surface area contributed by atoms with Crippen LogP contribution in [0.4, 0.5) is 0 Å². The van der Waals surface area contributed by atoms with Gasteiger partial charge in [-0.25, -0.2) is 8.42 Å². The highest BCUT2D eigenvalue weighted by molar-refractivity contribution is 7.89. The van der Waals surface area contributed by atoms with Gasteiger partial charge in [0.15, 0.2) is 0 Å². The third-order valence-electron chi connectivity index (χ3n) is 4.83. The van der Waals surface area contributed by atoms with E-state index in [0.717, 1.165) is 24.8 Å². The molecule has 0 fully saturated rings. The molecule has 0 atom stereocenters. The Hall–Kier alpha value is -1.86. The Morgan fingerprint density at radius 3 is 2.67 bits per heavy atom. The average molecular weight is 395 g/mol. The zero-order valence-corrected chi connectivity index (χ0v) is 17.3. The molecular weight excluding hydrogens is 364 g/mol. The van der Waals surface area contributed by atoms with Gasteiger partial charge in [-0.3, -0.25) is 4.79 Å². The van der Waals surface area contributed by atoms with Crippen LogP contribution >= 0.6 is 0 Å². The number of nitrogens with zero attached hydrogens (tertiary/aromatic N) is 1. The van der Waals surface area contributed by atoms with Gasteiger partial charge in [-0.05, 0) is 62.8 Å². The number of sulfonamides is 1. The monoisotopic (exact) mass is 394 g/mol. The van der Waals surface area contributed by atoms with E-state index in [2.05, 4.69) is 11.4 Å². The Kier molecular flexibility index (Phi) is 7.86. The van der Waals surface area contributed by atoms with E-state index < -0.39 is 10.0 Å². The largest absolute Gasteiger partial charge is 0.496 e. The molecule has 0 saturated carbocycles. The number of likely N-dealkylation sites (N-methyl/N-ethyl adjacent to an activating group) is 1. The Labute approximate surface area is 162 Å². The highest BCUT2D eigenvalue weighted by atomic mass is 32.2.